The van der Waals surface area contributed by atoms with Gasteiger partial charge in [-0.3, -0.25) is 23.7 Å². The molecule has 0 spiro atoms. The van der Waals surface area contributed by atoms with E-state index in [1.807, 2.05) is 0 Å². The van der Waals surface area contributed by atoms with Crippen molar-refractivity contribution in [2.24, 2.45) is 5.92 Å². The first kappa shape index (κ1) is 29.0. The van der Waals surface area contributed by atoms with E-state index in [0.29, 0.717) is 43.4 Å². The van der Waals surface area contributed by atoms with Gasteiger partial charge in [-0.25, -0.2) is 9.29 Å². The van der Waals surface area contributed by atoms with Gasteiger partial charge in [0.1, 0.15) is 17.6 Å². The molecule has 1 aromatic heterocycles. The molecule has 3 aromatic carbocycles. The second kappa shape index (κ2) is 11.5. The molecule has 3 atom stereocenters. The third-order valence-corrected chi connectivity index (χ3v) is 10.2. The number of rotatable bonds is 7. The Morgan fingerprint density at radius 1 is 0.953 bits per heavy atom. The number of aromatic nitrogens is 1. The van der Waals surface area contributed by atoms with E-state index >= 15 is 0 Å². The SMILES string of the molecule is COc1ccc([C@@H]2c3sc(=O)n(CC(=O)Nc4ccc(F)cc4)c3SC3C(=O)N(c4ccc(Cl)cc4)C(=O)C32)cc1OC. The summed E-state index contributed by atoms with van der Waals surface area (Å²) < 4.78 is 25.5. The highest BCUT2D eigenvalue weighted by Crippen LogP contribution is 2.54. The van der Waals surface area contributed by atoms with Crippen LogP contribution in [0.25, 0.3) is 0 Å². The van der Waals surface area contributed by atoms with Gasteiger partial charge >= 0.3 is 4.87 Å². The minimum absolute atomic E-state index is 0.339. The molecule has 2 aliphatic rings. The minimum Gasteiger partial charge on any atom is -0.493 e. The van der Waals surface area contributed by atoms with Gasteiger partial charge in [-0.2, -0.15) is 0 Å². The molecule has 220 valence electrons. The van der Waals surface area contributed by atoms with E-state index in [4.69, 9.17) is 21.1 Å². The Labute approximate surface area is 258 Å². The van der Waals surface area contributed by atoms with Crippen molar-refractivity contribution in [1.82, 2.24) is 4.57 Å². The number of hydrogen-bond donors (Lipinski definition) is 1. The normalized spacial score (nSPS) is 19.2. The molecular formula is C30H23ClFN3O6S2. The number of carbonyl (C=O) groups excluding carboxylic acids is 3. The van der Waals surface area contributed by atoms with Crippen molar-refractivity contribution in [3.63, 3.8) is 0 Å². The summed E-state index contributed by atoms with van der Waals surface area (Å²) in [5.41, 5.74) is 1.41. The van der Waals surface area contributed by atoms with E-state index < -0.39 is 45.5 Å². The van der Waals surface area contributed by atoms with E-state index in [9.17, 15) is 23.6 Å². The number of nitrogens with one attached hydrogen (secondary N) is 1. The van der Waals surface area contributed by atoms with Crippen molar-refractivity contribution in [3.05, 3.63) is 97.7 Å². The molecule has 3 heterocycles. The Kier molecular flexibility index (Phi) is 7.75. The van der Waals surface area contributed by atoms with Gasteiger partial charge in [-0.15, -0.1) is 0 Å². The summed E-state index contributed by atoms with van der Waals surface area (Å²) in [4.78, 5) is 55.5. The summed E-state index contributed by atoms with van der Waals surface area (Å²) in [6, 6.07) is 16.9. The lowest BCUT2D eigenvalue weighted by molar-refractivity contribution is -0.122. The highest BCUT2D eigenvalue weighted by molar-refractivity contribution is 8.00. The average Bonchev–Trinajstić information content (AvgIpc) is 3.44. The number of ether oxygens (including phenoxy) is 2. The maximum Gasteiger partial charge on any atom is 0.308 e. The summed E-state index contributed by atoms with van der Waals surface area (Å²) in [5, 5.41) is 2.70. The van der Waals surface area contributed by atoms with Gasteiger partial charge in [0.15, 0.2) is 11.5 Å². The Bertz CT molecular complexity index is 1810. The molecule has 2 unspecified atom stereocenters. The van der Waals surface area contributed by atoms with Gasteiger partial charge in [-0.1, -0.05) is 40.8 Å². The molecule has 1 N–H and O–H groups in total. The Balaban J connectivity index is 1.43. The van der Waals surface area contributed by atoms with Crippen LogP contribution in [0.2, 0.25) is 5.02 Å². The summed E-state index contributed by atoms with van der Waals surface area (Å²) in [6.45, 7) is -0.339. The van der Waals surface area contributed by atoms with Crippen LogP contribution in [0.15, 0.2) is 76.6 Å². The third-order valence-electron chi connectivity index (χ3n) is 7.33. The van der Waals surface area contributed by atoms with E-state index in [0.717, 1.165) is 28.0 Å². The van der Waals surface area contributed by atoms with Crippen LogP contribution in [0.1, 0.15) is 16.4 Å². The fraction of sp³-hybridized carbons (Fsp3) is 0.200. The maximum absolute atomic E-state index is 14.0. The maximum atomic E-state index is 14.0. The number of halogens is 2. The van der Waals surface area contributed by atoms with Crippen molar-refractivity contribution in [2.45, 2.75) is 22.7 Å². The van der Waals surface area contributed by atoms with Gasteiger partial charge in [0, 0.05) is 21.5 Å². The smallest absolute Gasteiger partial charge is 0.308 e. The van der Waals surface area contributed by atoms with Crippen LogP contribution >= 0.6 is 34.7 Å². The van der Waals surface area contributed by atoms with Crippen molar-refractivity contribution in [3.8, 4) is 11.5 Å². The third kappa shape index (κ3) is 5.19. The molecule has 1 saturated heterocycles. The Morgan fingerprint density at radius 2 is 1.65 bits per heavy atom. The topological polar surface area (TPSA) is 107 Å². The highest BCUT2D eigenvalue weighted by Gasteiger charge is 2.57. The Hall–Kier alpha value is -4.13. The van der Waals surface area contributed by atoms with Gasteiger partial charge in [0.05, 0.1) is 30.9 Å². The first-order chi connectivity index (χ1) is 20.7. The predicted molar refractivity (Wildman–Crippen MR) is 162 cm³/mol. The second-order valence-corrected chi connectivity index (χ2v) is 12.4. The van der Waals surface area contributed by atoms with Crippen LogP contribution in [0.5, 0.6) is 11.5 Å². The lowest BCUT2D eigenvalue weighted by Gasteiger charge is -2.31. The van der Waals surface area contributed by atoms with Crippen LogP contribution in [0, 0.1) is 11.7 Å². The van der Waals surface area contributed by atoms with Crippen molar-refractivity contribution >= 4 is 63.8 Å². The van der Waals surface area contributed by atoms with Crippen LogP contribution in [0.3, 0.4) is 0 Å². The van der Waals surface area contributed by atoms with Gasteiger partial charge in [0.25, 0.3) is 0 Å². The molecule has 9 nitrogen and oxygen atoms in total. The van der Waals surface area contributed by atoms with E-state index in [1.165, 1.54) is 43.1 Å². The molecule has 4 aromatic rings. The summed E-state index contributed by atoms with van der Waals surface area (Å²) >= 11 is 8.09. The largest absolute Gasteiger partial charge is 0.493 e. The number of thioether (sulfide) groups is 1. The predicted octanol–water partition coefficient (Wildman–Crippen LogP) is 5.15. The molecular weight excluding hydrogens is 617 g/mol. The molecule has 0 saturated carbocycles. The van der Waals surface area contributed by atoms with Crippen molar-refractivity contribution in [2.75, 3.05) is 24.4 Å². The number of methoxy groups -OCH3 is 2. The van der Waals surface area contributed by atoms with Crippen LogP contribution in [-0.4, -0.2) is 41.8 Å². The van der Waals surface area contributed by atoms with Gasteiger partial charge in [0.2, 0.25) is 17.7 Å². The first-order valence-electron chi connectivity index (χ1n) is 13.0. The summed E-state index contributed by atoms with van der Waals surface area (Å²) in [7, 11) is 3.00. The number of fused-ring (bicyclic) bond motifs is 2. The zero-order valence-electron chi connectivity index (χ0n) is 22.7. The van der Waals surface area contributed by atoms with Crippen LogP contribution in [0.4, 0.5) is 15.8 Å². The number of imide groups is 1. The van der Waals surface area contributed by atoms with Crippen molar-refractivity contribution < 1.29 is 28.2 Å². The molecule has 43 heavy (non-hydrogen) atoms. The summed E-state index contributed by atoms with van der Waals surface area (Å²) in [6.07, 6.45) is 0. The lowest BCUT2D eigenvalue weighted by Crippen LogP contribution is -2.33. The van der Waals surface area contributed by atoms with E-state index in [-0.39, 0.29) is 6.54 Å². The molecule has 6 rings (SSSR count). The van der Waals surface area contributed by atoms with Gasteiger partial charge in [-0.05, 0) is 66.2 Å². The Morgan fingerprint density at radius 3 is 2.33 bits per heavy atom. The number of anilines is 2. The molecule has 0 radical (unpaired) electrons. The molecule has 0 bridgehead atoms. The molecule has 3 amide bonds. The highest BCUT2D eigenvalue weighted by atomic mass is 35.5. The molecule has 0 aliphatic carbocycles. The number of hydrogen-bond acceptors (Lipinski definition) is 8. The zero-order valence-corrected chi connectivity index (χ0v) is 25.1. The zero-order chi connectivity index (χ0) is 30.4. The molecule has 13 heteroatoms. The number of nitrogens with zero attached hydrogens (tertiary/aromatic N) is 2. The van der Waals surface area contributed by atoms with Crippen LogP contribution in [-0.2, 0) is 20.9 Å². The monoisotopic (exact) mass is 639 g/mol. The molecule has 1 fully saturated rings. The lowest BCUT2D eigenvalue weighted by atomic mass is 9.83. The number of thiazole rings is 1. The minimum atomic E-state index is -0.866. The molecule has 2 aliphatic heterocycles. The van der Waals surface area contributed by atoms with E-state index in [2.05, 4.69) is 5.32 Å². The van der Waals surface area contributed by atoms with Gasteiger partial charge < -0.3 is 14.8 Å². The first-order valence-corrected chi connectivity index (χ1v) is 15.1. The second-order valence-electron chi connectivity index (χ2n) is 9.82. The summed E-state index contributed by atoms with van der Waals surface area (Å²) in [5.74, 6) is -2.41. The number of benzene rings is 3. The van der Waals surface area contributed by atoms with Crippen LogP contribution < -0.4 is 24.6 Å². The standard InChI is InChI=1S/C30H23ClFN3O6S2/c1-40-20-12-3-15(13-21(20)41-2)23-24-25(28(38)35(27(24)37)19-10-4-16(31)5-11-19)42-29-26(23)43-30(39)34(29)14-22(36)33-18-8-6-17(32)7-9-18/h3-13,23-25H,14H2,1-2H3,(H,33,36)/t23-,24?,25?/m0/s1. The quantitative estimate of drug-likeness (QED) is 0.279. The number of carbonyl (C=O) groups is 3. The fourth-order valence-electron chi connectivity index (χ4n) is 5.38. The average molecular weight is 640 g/mol. The fourth-order valence-corrected chi connectivity index (χ4v) is 8.28. The van der Waals surface area contributed by atoms with E-state index in [1.54, 1.807) is 42.5 Å². The van der Waals surface area contributed by atoms with Crippen molar-refractivity contribution in [1.29, 1.82) is 0 Å². The number of amides is 3.